The SMILES string of the molecule is CCc1ccc([C@@H]2CN(C(=O)OC(C)(C)C)CCN2Cc2cc(=O)n(C)c(=O)n2C)cc1. The monoisotopic (exact) mass is 442 g/mol. The van der Waals surface area contributed by atoms with E-state index in [0.717, 1.165) is 16.6 Å². The number of ether oxygens (including phenoxy) is 1. The second-order valence-electron chi connectivity index (χ2n) is 9.38. The molecule has 1 aromatic heterocycles. The van der Waals surface area contributed by atoms with Gasteiger partial charge < -0.3 is 9.64 Å². The fourth-order valence-electron chi connectivity index (χ4n) is 3.93. The zero-order valence-corrected chi connectivity index (χ0v) is 19.9. The lowest BCUT2D eigenvalue weighted by molar-refractivity contribution is 0.00165. The summed E-state index contributed by atoms with van der Waals surface area (Å²) in [5.74, 6) is 0. The molecule has 0 bridgehead atoms. The van der Waals surface area contributed by atoms with E-state index in [0.29, 0.717) is 31.9 Å². The van der Waals surface area contributed by atoms with Crippen molar-refractivity contribution in [1.82, 2.24) is 18.9 Å². The first kappa shape index (κ1) is 23.8. The minimum absolute atomic E-state index is 0.0821. The van der Waals surface area contributed by atoms with Crippen LogP contribution in [0, 0.1) is 0 Å². The summed E-state index contributed by atoms with van der Waals surface area (Å²) >= 11 is 0. The molecule has 8 nitrogen and oxygen atoms in total. The molecule has 3 rings (SSSR count). The van der Waals surface area contributed by atoms with Gasteiger partial charge in [0.15, 0.2) is 0 Å². The molecule has 2 aromatic rings. The highest BCUT2D eigenvalue weighted by atomic mass is 16.6. The molecule has 174 valence electrons. The largest absolute Gasteiger partial charge is 0.444 e. The average Bonchev–Trinajstić information content (AvgIpc) is 2.75. The highest BCUT2D eigenvalue weighted by Gasteiger charge is 2.33. The Hall–Kier alpha value is -2.87. The summed E-state index contributed by atoms with van der Waals surface area (Å²) in [6, 6.07) is 9.83. The van der Waals surface area contributed by atoms with E-state index in [1.807, 2.05) is 20.8 Å². The Kier molecular flexibility index (Phi) is 6.93. The molecule has 0 aliphatic carbocycles. The van der Waals surface area contributed by atoms with Crippen molar-refractivity contribution in [3.63, 3.8) is 0 Å². The normalized spacial score (nSPS) is 17.4. The van der Waals surface area contributed by atoms with Crippen molar-refractivity contribution in [1.29, 1.82) is 0 Å². The fourth-order valence-corrected chi connectivity index (χ4v) is 3.93. The highest BCUT2D eigenvalue weighted by molar-refractivity contribution is 5.68. The second kappa shape index (κ2) is 9.32. The van der Waals surface area contributed by atoms with Crippen molar-refractivity contribution in [2.24, 2.45) is 14.1 Å². The predicted molar refractivity (Wildman–Crippen MR) is 124 cm³/mol. The molecule has 1 aliphatic heterocycles. The minimum Gasteiger partial charge on any atom is -0.444 e. The Bertz CT molecular complexity index is 1080. The first-order chi connectivity index (χ1) is 15.0. The molecule has 2 heterocycles. The summed E-state index contributed by atoms with van der Waals surface area (Å²) in [5, 5.41) is 0. The zero-order chi connectivity index (χ0) is 23.6. The molecule has 1 amide bonds. The van der Waals surface area contributed by atoms with Gasteiger partial charge in [-0.2, -0.15) is 0 Å². The summed E-state index contributed by atoms with van der Waals surface area (Å²) < 4.78 is 8.21. The van der Waals surface area contributed by atoms with Gasteiger partial charge >= 0.3 is 11.8 Å². The number of hydrogen-bond acceptors (Lipinski definition) is 5. The van der Waals surface area contributed by atoms with Crippen LogP contribution >= 0.6 is 0 Å². The Morgan fingerprint density at radius 2 is 1.72 bits per heavy atom. The molecular weight excluding hydrogens is 408 g/mol. The van der Waals surface area contributed by atoms with Crippen LogP contribution in [-0.2, 0) is 31.8 Å². The highest BCUT2D eigenvalue weighted by Crippen LogP contribution is 2.28. The van der Waals surface area contributed by atoms with Gasteiger partial charge in [0.05, 0.1) is 6.04 Å². The molecule has 0 unspecified atom stereocenters. The number of aryl methyl sites for hydroxylation is 1. The van der Waals surface area contributed by atoms with Gasteiger partial charge in [-0.05, 0) is 38.3 Å². The van der Waals surface area contributed by atoms with Crippen molar-refractivity contribution >= 4 is 6.09 Å². The van der Waals surface area contributed by atoms with Gasteiger partial charge in [-0.3, -0.25) is 18.8 Å². The van der Waals surface area contributed by atoms with E-state index in [4.69, 9.17) is 4.74 Å². The zero-order valence-electron chi connectivity index (χ0n) is 19.9. The van der Waals surface area contributed by atoms with E-state index in [-0.39, 0.29) is 23.4 Å². The van der Waals surface area contributed by atoms with Gasteiger partial charge in [-0.15, -0.1) is 0 Å². The molecule has 8 heteroatoms. The lowest BCUT2D eigenvalue weighted by Crippen LogP contribution is -2.51. The van der Waals surface area contributed by atoms with Gasteiger partial charge in [-0.1, -0.05) is 31.2 Å². The van der Waals surface area contributed by atoms with Gasteiger partial charge in [0.25, 0.3) is 5.56 Å². The van der Waals surface area contributed by atoms with E-state index >= 15 is 0 Å². The van der Waals surface area contributed by atoms with Crippen molar-refractivity contribution in [3.05, 3.63) is 68.0 Å². The molecular formula is C24H34N4O4. The molecule has 1 atom stereocenters. The van der Waals surface area contributed by atoms with Crippen molar-refractivity contribution in [2.45, 2.75) is 52.3 Å². The number of hydrogen-bond donors (Lipinski definition) is 0. The lowest BCUT2D eigenvalue weighted by Gasteiger charge is -2.42. The third-order valence-electron chi connectivity index (χ3n) is 5.91. The van der Waals surface area contributed by atoms with E-state index in [1.54, 1.807) is 11.9 Å². The van der Waals surface area contributed by atoms with Crippen LogP contribution in [0.15, 0.2) is 39.9 Å². The van der Waals surface area contributed by atoms with Gasteiger partial charge in [0.2, 0.25) is 0 Å². The second-order valence-corrected chi connectivity index (χ2v) is 9.38. The Morgan fingerprint density at radius 3 is 2.31 bits per heavy atom. The Balaban J connectivity index is 1.91. The number of benzene rings is 1. The van der Waals surface area contributed by atoms with Crippen LogP contribution in [0.1, 0.15) is 50.6 Å². The number of amides is 1. The van der Waals surface area contributed by atoms with E-state index in [1.165, 1.54) is 23.2 Å². The third kappa shape index (κ3) is 5.30. The standard InChI is InChI=1S/C24H34N4O4/c1-7-17-8-10-18(11-9-17)20-16-28(23(31)32-24(2,3)4)13-12-27(20)15-19-14-21(29)26(6)22(30)25(19)5/h8-11,14,20H,7,12-13,15-16H2,1-6H3/t20-/m0/s1. The summed E-state index contributed by atoms with van der Waals surface area (Å²) in [7, 11) is 3.16. The molecule has 1 aliphatic rings. The van der Waals surface area contributed by atoms with Crippen LogP contribution in [0.2, 0.25) is 0 Å². The van der Waals surface area contributed by atoms with E-state index in [2.05, 4.69) is 36.1 Å². The van der Waals surface area contributed by atoms with Gasteiger partial charge in [0, 0.05) is 52.0 Å². The molecule has 0 spiro atoms. The van der Waals surface area contributed by atoms with Crippen molar-refractivity contribution < 1.29 is 9.53 Å². The summed E-state index contributed by atoms with van der Waals surface area (Å²) in [6.07, 6.45) is 0.627. The molecule has 1 aromatic carbocycles. The van der Waals surface area contributed by atoms with Crippen LogP contribution < -0.4 is 11.2 Å². The average molecular weight is 443 g/mol. The molecule has 1 saturated heterocycles. The minimum atomic E-state index is -0.561. The maximum Gasteiger partial charge on any atom is 0.410 e. The fraction of sp³-hybridized carbons (Fsp3) is 0.542. The predicted octanol–water partition coefficient (Wildman–Crippen LogP) is 2.44. The number of rotatable bonds is 4. The number of piperazine rings is 1. The topological polar surface area (TPSA) is 76.8 Å². The van der Waals surface area contributed by atoms with Crippen LogP contribution in [0.3, 0.4) is 0 Å². The number of aromatic nitrogens is 2. The maximum absolute atomic E-state index is 12.7. The number of nitrogens with zero attached hydrogens (tertiary/aromatic N) is 4. The lowest BCUT2D eigenvalue weighted by atomic mass is 10.00. The number of carbonyl (C=O) groups excluding carboxylic acids is 1. The van der Waals surface area contributed by atoms with Crippen molar-refractivity contribution in [2.75, 3.05) is 19.6 Å². The third-order valence-corrected chi connectivity index (χ3v) is 5.91. The van der Waals surface area contributed by atoms with Gasteiger partial charge in [0.1, 0.15) is 5.60 Å². The Labute approximate surface area is 189 Å². The Morgan fingerprint density at radius 1 is 1.06 bits per heavy atom. The molecule has 0 radical (unpaired) electrons. The smallest absolute Gasteiger partial charge is 0.410 e. The van der Waals surface area contributed by atoms with Crippen molar-refractivity contribution in [3.8, 4) is 0 Å². The quantitative estimate of drug-likeness (QED) is 0.727. The summed E-state index contributed by atoms with van der Waals surface area (Å²) in [5.41, 5.74) is 1.76. The summed E-state index contributed by atoms with van der Waals surface area (Å²) in [4.78, 5) is 41.3. The van der Waals surface area contributed by atoms with Crippen LogP contribution in [0.25, 0.3) is 0 Å². The van der Waals surface area contributed by atoms with E-state index < -0.39 is 5.60 Å². The molecule has 32 heavy (non-hydrogen) atoms. The van der Waals surface area contributed by atoms with Crippen LogP contribution in [0.4, 0.5) is 4.79 Å². The van der Waals surface area contributed by atoms with Gasteiger partial charge in [-0.25, -0.2) is 9.59 Å². The molecule has 1 fully saturated rings. The van der Waals surface area contributed by atoms with Crippen LogP contribution in [0.5, 0.6) is 0 Å². The summed E-state index contributed by atoms with van der Waals surface area (Å²) in [6.45, 7) is 9.71. The maximum atomic E-state index is 12.7. The first-order valence-electron chi connectivity index (χ1n) is 11.1. The first-order valence-corrected chi connectivity index (χ1v) is 11.1. The number of carbonyl (C=O) groups is 1. The van der Waals surface area contributed by atoms with Crippen LogP contribution in [-0.4, -0.2) is 50.3 Å². The molecule has 0 N–H and O–H groups in total. The van der Waals surface area contributed by atoms with E-state index in [9.17, 15) is 14.4 Å². The molecule has 0 saturated carbocycles.